The Labute approximate surface area is 316 Å². The number of imide groups is 1. The molecule has 0 radical (unpaired) electrons. The third-order valence-electron chi connectivity index (χ3n) is 10.3. The van der Waals surface area contributed by atoms with Crippen molar-refractivity contribution in [1.82, 2.24) is 4.98 Å². The van der Waals surface area contributed by atoms with Crippen molar-refractivity contribution in [2.45, 2.75) is 25.4 Å². The molecule has 0 bridgehead atoms. The number of amides is 2. The molecule has 266 valence electrons. The van der Waals surface area contributed by atoms with Gasteiger partial charge in [-0.05, 0) is 121 Å². The van der Waals surface area contributed by atoms with E-state index in [4.69, 9.17) is 9.47 Å². The summed E-state index contributed by atoms with van der Waals surface area (Å²) in [6.45, 7) is 0.646. The number of aromatic nitrogens is 1. The number of allylic oxidation sites excluding steroid dienone is 1. The van der Waals surface area contributed by atoms with Crippen molar-refractivity contribution in [2.75, 3.05) is 23.4 Å². The molecule has 3 heterocycles. The number of carbonyl (C=O) groups excluding carboxylic acids is 2. The van der Waals surface area contributed by atoms with Crippen molar-refractivity contribution in [3.05, 3.63) is 154 Å². The number of phenols is 1. The average Bonchev–Trinajstić information content (AvgIpc) is 3.72. The molecule has 1 aliphatic carbocycles. The molecule has 4 aromatic carbocycles. The fourth-order valence-corrected chi connectivity index (χ4v) is 8.25. The summed E-state index contributed by atoms with van der Waals surface area (Å²) in [7, 11) is 0. The second kappa shape index (κ2) is 15.2. The number of phenolic OH excluding ortho intramolecular Hbond substituents is 1. The standard InChI is InChI=1S/C44H38BrN3O5/c45-31-15-20-39(49)29(24-31)23-28(38-13-7-8-22-46-38)14-21-40-41-30(26-52-35-11-5-2-6-12-35)25-36-42(37(41)27-53-40)44(51)48(43(36)50)34-18-16-33(17-19-34)47-32-9-3-1-4-10-32/h1-13,15-20,22-24,36-37,40,42,47,49H,14,21,25-27H2/b28-23-/t36-,37+,40-,42-/m1/s1. The molecule has 2 N–H and O–H groups in total. The van der Waals surface area contributed by atoms with Gasteiger partial charge >= 0.3 is 0 Å². The lowest BCUT2D eigenvalue weighted by Gasteiger charge is -2.31. The quantitative estimate of drug-likeness (QED) is 0.102. The lowest BCUT2D eigenvalue weighted by Crippen LogP contribution is -2.35. The summed E-state index contributed by atoms with van der Waals surface area (Å²) in [6, 6.07) is 38.1. The highest BCUT2D eigenvalue weighted by Crippen LogP contribution is 2.51. The van der Waals surface area contributed by atoms with E-state index in [1.54, 1.807) is 18.3 Å². The molecule has 5 aromatic rings. The predicted octanol–water partition coefficient (Wildman–Crippen LogP) is 9.21. The van der Waals surface area contributed by atoms with Gasteiger partial charge in [-0.15, -0.1) is 0 Å². The Kier molecular flexibility index (Phi) is 9.93. The SMILES string of the molecule is O=C1[C@@H]2[C@@H](CC(COc3ccccc3)=C3[C@@H](CC/C(=C/c4cc(Br)ccc4O)c4ccccn4)OC[C@@H]32)C(=O)N1c1ccc(Nc2ccccc2)cc1. The minimum Gasteiger partial charge on any atom is -0.507 e. The average molecular weight is 769 g/mol. The van der Waals surface area contributed by atoms with Crippen molar-refractivity contribution in [3.63, 3.8) is 0 Å². The minimum absolute atomic E-state index is 0.177. The Morgan fingerprint density at radius 3 is 2.38 bits per heavy atom. The molecule has 1 aromatic heterocycles. The molecular formula is C44H38BrN3O5. The van der Waals surface area contributed by atoms with Gasteiger partial charge in [0, 0.05) is 33.5 Å². The number of fused-ring (bicyclic) bond motifs is 3. The van der Waals surface area contributed by atoms with Crippen LogP contribution in [0.2, 0.25) is 0 Å². The van der Waals surface area contributed by atoms with Crippen molar-refractivity contribution >= 4 is 56.5 Å². The van der Waals surface area contributed by atoms with Crippen LogP contribution in [-0.4, -0.2) is 41.2 Å². The third kappa shape index (κ3) is 7.27. The fraction of sp³-hybridized carbons (Fsp3) is 0.205. The van der Waals surface area contributed by atoms with Crippen LogP contribution in [0.5, 0.6) is 11.5 Å². The number of hydrogen-bond donors (Lipinski definition) is 2. The van der Waals surface area contributed by atoms with E-state index in [1.165, 1.54) is 4.90 Å². The molecule has 0 unspecified atom stereocenters. The van der Waals surface area contributed by atoms with Crippen molar-refractivity contribution < 1.29 is 24.2 Å². The van der Waals surface area contributed by atoms with E-state index in [9.17, 15) is 14.7 Å². The zero-order chi connectivity index (χ0) is 36.3. The first-order chi connectivity index (χ1) is 25.9. The summed E-state index contributed by atoms with van der Waals surface area (Å²) >= 11 is 3.53. The van der Waals surface area contributed by atoms with Gasteiger partial charge < -0.3 is 19.9 Å². The molecule has 8 rings (SSSR count). The molecule has 4 atom stereocenters. The maximum absolute atomic E-state index is 14.3. The van der Waals surface area contributed by atoms with Crippen LogP contribution in [-0.2, 0) is 14.3 Å². The number of hydrogen-bond acceptors (Lipinski definition) is 7. The van der Waals surface area contributed by atoms with Gasteiger partial charge in [0.1, 0.15) is 18.1 Å². The zero-order valence-corrected chi connectivity index (χ0v) is 30.5. The number of carbonyl (C=O) groups is 2. The number of nitrogens with zero attached hydrogens (tertiary/aromatic N) is 2. The fourth-order valence-electron chi connectivity index (χ4n) is 7.87. The van der Waals surface area contributed by atoms with Crippen LogP contribution in [0.1, 0.15) is 30.5 Å². The number of rotatable bonds is 11. The van der Waals surface area contributed by atoms with E-state index in [0.29, 0.717) is 43.7 Å². The normalized spacial score (nSPS) is 21.1. The van der Waals surface area contributed by atoms with E-state index in [2.05, 4.69) is 26.2 Å². The van der Waals surface area contributed by atoms with Gasteiger partial charge in [0.15, 0.2) is 0 Å². The third-order valence-corrected chi connectivity index (χ3v) is 10.8. The molecule has 2 amide bonds. The second-order valence-electron chi connectivity index (χ2n) is 13.6. The van der Waals surface area contributed by atoms with Gasteiger partial charge in [0.05, 0.1) is 35.9 Å². The van der Waals surface area contributed by atoms with Crippen LogP contribution in [0.15, 0.2) is 143 Å². The number of aromatic hydroxyl groups is 1. The number of halogens is 1. The lowest BCUT2D eigenvalue weighted by atomic mass is 9.69. The molecule has 2 fully saturated rings. The van der Waals surface area contributed by atoms with E-state index in [1.807, 2.05) is 115 Å². The van der Waals surface area contributed by atoms with Crippen molar-refractivity contribution in [2.24, 2.45) is 17.8 Å². The van der Waals surface area contributed by atoms with E-state index in [-0.39, 0.29) is 29.6 Å². The molecular weight excluding hydrogens is 730 g/mol. The molecule has 0 spiro atoms. The van der Waals surface area contributed by atoms with Gasteiger partial charge in [-0.3, -0.25) is 19.5 Å². The van der Waals surface area contributed by atoms with Gasteiger partial charge in [-0.1, -0.05) is 58.4 Å². The first-order valence-electron chi connectivity index (χ1n) is 17.8. The maximum atomic E-state index is 14.3. The van der Waals surface area contributed by atoms with Crippen LogP contribution in [0.3, 0.4) is 0 Å². The number of anilines is 3. The van der Waals surface area contributed by atoms with Crippen LogP contribution in [0.25, 0.3) is 11.6 Å². The number of benzene rings is 4. The molecule has 0 saturated carbocycles. The van der Waals surface area contributed by atoms with Gasteiger partial charge in [-0.2, -0.15) is 0 Å². The summed E-state index contributed by atoms with van der Waals surface area (Å²) < 4.78 is 13.7. The minimum atomic E-state index is -0.519. The van der Waals surface area contributed by atoms with Crippen LogP contribution in [0, 0.1) is 17.8 Å². The largest absolute Gasteiger partial charge is 0.507 e. The van der Waals surface area contributed by atoms with E-state index in [0.717, 1.165) is 44.0 Å². The van der Waals surface area contributed by atoms with E-state index >= 15 is 0 Å². The highest BCUT2D eigenvalue weighted by molar-refractivity contribution is 9.10. The number of para-hydroxylation sites is 2. The Balaban J connectivity index is 1.07. The van der Waals surface area contributed by atoms with Crippen molar-refractivity contribution in [1.29, 1.82) is 0 Å². The molecule has 3 aliphatic rings. The smallest absolute Gasteiger partial charge is 0.238 e. The lowest BCUT2D eigenvalue weighted by molar-refractivity contribution is -0.122. The summed E-state index contributed by atoms with van der Waals surface area (Å²) in [6.07, 6.45) is 5.10. The van der Waals surface area contributed by atoms with Gasteiger partial charge in [0.25, 0.3) is 0 Å². The molecule has 2 aliphatic heterocycles. The maximum Gasteiger partial charge on any atom is 0.238 e. The van der Waals surface area contributed by atoms with Crippen LogP contribution < -0.4 is 15.0 Å². The Bertz CT molecular complexity index is 2170. The number of nitrogens with one attached hydrogen (secondary N) is 1. The highest BCUT2D eigenvalue weighted by Gasteiger charge is 2.57. The molecule has 53 heavy (non-hydrogen) atoms. The molecule has 9 heteroatoms. The predicted molar refractivity (Wildman–Crippen MR) is 210 cm³/mol. The van der Waals surface area contributed by atoms with Crippen LogP contribution >= 0.6 is 15.9 Å². The van der Waals surface area contributed by atoms with Gasteiger partial charge in [0.2, 0.25) is 11.8 Å². The molecule has 2 saturated heterocycles. The summed E-state index contributed by atoms with van der Waals surface area (Å²) in [5.41, 5.74) is 6.90. The number of ether oxygens (including phenoxy) is 2. The summed E-state index contributed by atoms with van der Waals surface area (Å²) in [5, 5.41) is 14.0. The molecule has 8 nitrogen and oxygen atoms in total. The van der Waals surface area contributed by atoms with Crippen LogP contribution in [0.4, 0.5) is 17.1 Å². The number of pyridine rings is 1. The first kappa shape index (κ1) is 34.6. The highest BCUT2D eigenvalue weighted by atomic mass is 79.9. The Morgan fingerprint density at radius 1 is 0.887 bits per heavy atom. The Morgan fingerprint density at radius 2 is 1.62 bits per heavy atom. The zero-order valence-electron chi connectivity index (χ0n) is 28.9. The van der Waals surface area contributed by atoms with Gasteiger partial charge in [-0.25, -0.2) is 0 Å². The monoisotopic (exact) mass is 767 g/mol. The topological polar surface area (TPSA) is 101 Å². The first-order valence-corrected chi connectivity index (χ1v) is 18.6. The summed E-state index contributed by atoms with van der Waals surface area (Å²) in [4.78, 5) is 34.5. The summed E-state index contributed by atoms with van der Waals surface area (Å²) in [5.74, 6) is -0.714. The Hall–Kier alpha value is -5.51. The second-order valence-corrected chi connectivity index (χ2v) is 14.5. The van der Waals surface area contributed by atoms with Crippen molar-refractivity contribution in [3.8, 4) is 11.5 Å². The van der Waals surface area contributed by atoms with E-state index < -0.39 is 11.8 Å².